The van der Waals surface area contributed by atoms with E-state index in [1.165, 1.54) is 0 Å². The molecule has 3 aromatic heterocycles. The third kappa shape index (κ3) is 2.62. The SMILES string of the molecule is CCn1nc(C)c(-c2nc3c(cnn3Cc3ccccc3Cl)[nH]2)c1C. The Balaban J connectivity index is 1.77. The molecule has 0 aliphatic carbocycles. The summed E-state index contributed by atoms with van der Waals surface area (Å²) in [6.45, 7) is 7.59. The van der Waals surface area contributed by atoms with Gasteiger partial charge in [0.25, 0.3) is 0 Å². The van der Waals surface area contributed by atoms with Gasteiger partial charge < -0.3 is 4.98 Å². The van der Waals surface area contributed by atoms with E-state index in [9.17, 15) is 0 Å². The number of fused-ring (bicyclic) bond motifs is 1. The number of aromatic amines is 1. The third-order valence-electron chi connectivity index (χ3n) is 4.48. The average molecular weight is 355 g/mol. The van der Waals surface area contributed by atoms with Gasteiger partial charge >= 0.3 is 0 Å². The van der Waals surface area contributed by atoms with Crippen LogP contribution in [0.3, 0.4) is 0 Å². The lowest BCUT2D eigenvalue weighted by Crippen LogP contribution is -2.02. The van der Waals surface area contributed by atoms with E-state index in [0.717, 1.165) is 51.1 Å². The minimum absolute atomic E-state index is 0.583. The molecule has 4 rings (SSSR count). The molecular weight excluding hydrogens is 336 g/mol. The molecule has 4 aromatic rings. The topological polar surface area (TPSA) is 64.3 Å². The highest BCUT2D eigenvalue weighted by Crippen LogP contribution is 2.27. The zero-order valence-corrected chi connectivity index (χ0v) is 15.2. The van der Waals surface area contributed by atoms with Crippen LogP contribution in [0.25, 0.3) is 22.6 Å². The summed E-state index contributed by atoms with van der Waals surface area (Å²) in [6, 6.07) is 7.79. The lowest BCUT2D eigenvalue weighted by Gasteiger charge is -2.04. The van der Waals surface area contributed by atoms with E-state index in [0.29, 0.717) is 6.54 Å². The van der Waals surface area contributed by atoms with E-state index in [1.54, 1.807) is 6.20 Å². The Bertz CT molecular complexity index is 1060. The fraction of sp³-hybridized carbons (Fsp3) is 0.278. The predicted molar refractivity (Wildman–Crippen MR) is 98.8 cm³/mol. The van der Waals surface area contributed by atoms with Crippen molar-refractivity contribution in [2.24, 2.45) is 0 Å². The molecule has 0 spiro atoms. The van der Waals surface area contributed by atoms with Crippen LogP contribution in [-0.4, -0.2) is 29.5 Å². The van der Waals surface area contributed by atoms with Crippen LogP contribution in [0.5, 0.6) is 0 Å². The fourth-order valence-electron chi connectivity index (χ4n) is 3.22. The van der Waals surface area contributed by atoms with Gasteiger partial charge in [0.2, 0.25) is 0 Å². The van der Waals surface area contributed by atoms with E-state index in [-0.39, 0.29) is 0 Å². The first kappa shape index (κ1) is 15.9. The molecule has 0 aliphatic rings. The van der Waals surface area contributed by atoms with Crippen molar-refractivity contribution in [1.82, 2.24) is 29.5 Å². The van der Waals surface area contributed by atoms with E-state index in [4.69, 9.17) is 16.6 Å². The second kappa shape index (κ2) is 6.04. The Morgan fingerprint density at radius 3 is 2.68 bits per heavy atom. The van der Waals surface area contributed by atoms with Gasteiger partial charge in [-0.05, 0) is 32.4 Å². The number of hydrogen-bond acceptors (Lipinski definition) is 3. The quantitative estimate of drug-likeness (QED) is 0.603. The Morgan fingerprint density at radius 1 is 1.16 bits per heavy atom. The number of aryl methyl sites for hydroxylation is 2. The van der Waals surface area contributed by atoms with Crippen molar-refractivity contribution >= 4 is 22.8 Å². The first-order chi connectivity index (χ1) is 12.1. The van der Waals surface area contributed by atoms with Crippen LogP contribution in [0.15, 0.2) is 30.5 Å². The molecule has 0 atom stereocenters. The van der Waals surface area contributed by atoms with Crippen LogP contribution < -0.4 is 0 Å². The Morgan fingerprint density at radius 2 is 1.96 bits per heavy atom. The Kier molecular flexibility index (Phi) is 3.84. The summed E-state index contributed by atoms with van der Waals surface area (Å²) >= 11 is 6.27. The van der Waals surface area contributed by atoms with Crippen molar-refractivity contribution in [3.8, 4) is 11.4 Å². The number of aromatic nitrogens is 6. The largest absolute Gasteiger partial charge is 0.335 e. The number of hydrogen-bond donors (Lipinski definition) is 1. The van der Waals surface area contributed by atoms with Crippen molar-refractivity contribution in [3.63, 3.8) is 0 Å². The second-order valence-electron chi connectivity index (χ2n) is 6.08. The molecule has 0 unspecified atom stereocenters. The smallest absolute Gasteiger partial charge is 0.177 e. The van der Waals surface area contributed by atoms with Gasteiger partial charge in [0.15, 0.2) is 5.65 Å². The van der Waals surface area contributed by atoms with Gasteiger partial charge in [-0.15, -0.1) is 0 Å². The summed E-state index contributed by atoms with van der Waals surface area (Å²) in [5, 5.41) is 9.75. The first-order valence-electron chi connectivity index (χ1n) is 8.27. The van der Waals surface area contributed by atoms with Crippen LogP contribution in [0.2, 0.25) is 5.02 Å². The Labute approximate surface area is 150 Å². The van der Waals surface area contributed by atoms with E-state index >= 15 is 0 Å². The van der Waals surface area contributed by atoms with Crippen molar-refractivity contribution < 1.29 is 0 Å². The molecule has 0 amide bonds. The average Bonchev–Trinajstić information content (AvgIpc) is 3.23. The molecule has 6 nitrogen and oxygen atoms in total. The summed E-state index contributed by atoms with van der Waals surface area (Å²) in [6.07, 6.45) is 1.80. The molecule has 0 fully saturated rings. The van der Waals surface area contributed by atoms with E-state index in [1.807, 2.05) is 40.6 Å². The van der Waals surface area contributed by atoms with Gasteiger partial charge in [-0.3, -0.25) is 4.68 Å². The number of halogens is 1. The minimum Gasteiger partial charge on any atom is -0.335 e. The zero-order valence-electron chi connectivity index (χ0n) is 14.4. The normalized spacial score (nSPS) is 11.5. The van der Waals surface area contributed by atoms with Crippen molar-refractivity contribution in [2.75, 3.05) is 0 Å². The molecule has 7 heteroatoms. The standard InChI is InChI=1S/C18H19ClN6/c1-4-24-12(3)16(11(2)23-24)17-21-15-9-20-25(18(15)22-17)10-13-7-5-6-8-14(13)19/h5-9H,4,10H2,1-3H3,(H,21,22). The molecule has 3 heterocycles. The Hall–Kier alpha value is -2.60. The molecule has 128 valence electrons. The van der Waals surface area contributed by atoms with Crippen LogP contribution in [0.4, 0.5) is 0 Å². The maximum atomic E-state index is 6.27. The maximum absolute atomic E-state index is 6.27. The monoisotopic (exact) mass is 354 g/mol. The number of nitrogens with one attached hydrogen (secondary N) is 1. The van der Waals surface area contributed by atoms with Gasteiger partial charge in [-0.25, -0.2) is 9.67 Å². The van der Waals surface area contributed by atoms with Crippen molar-refractivity contribution in [2.45, 2.75) is 33.9 Å². The number of H-pyrrole nitrogens is 1. The maximum Gasteiger partial charge on any atom is 0.177 e. The van der Waals surface area contributed by atoms with Crippen LogP contribution >= 0.6 is 11.6 Å². The van der Waals surface area contributed by atoms with Crippen LogP contribution in [0.1, 0.15) is 23.9 Å². The first-order valence-corrected chi connectivity index (χ1v) is 8.65. The number of imidazole rings is 1. The van der Waals surface area contributed by atoms with Crippen LogP contribution in [0, 0.1) is 13.8 Å². The van der Waals surface area contributed by atoms with Crippen molar-refractivity contribution in [3.05, 3.63) is 52.4 Å². The summed E-state index contributed by atoms with van der Waals surface area (Å²) < 4.78 is 3.86. The van der Waals surface area contributed by atoms with Gasteiger partial charge in [0.05, 0.1) is 24.0 Å². The minimum atomic E-state index is 0.583. The predicted octanol–water partition coefficient (Wildman–Crippen LogP) is 3.96. The van der Waals surface area contributed by atoms with Gasteiger partial charge in [0.1, 0.15) is 11.3 Å². The van der Waals surface area contributed by atoms with Crippen molar-refractivity contribution in [1.29, 1.82) is 0 Å². The summed E-state index contributed by atoms with van der Waals surface area (Å²) in [5.41, 5.74) is 5.89. The molecule has 0 aliphatic heterocycles. The van der Waals surface area contributed by atoms with Gasteiger partial charge in [-0.1, -0.05) is 29.8 Å². The van der Waals surface area contributed by atoms with E-state index < -0.39 is 0 Å². The molecule has 1 N–H and O–H groups in total. The third-order valence-corrected chi connectivity index (χ3v) is 4.85. The number of nitrogens with zero attached hydrogens (tertiary/aromatic N) is 5. The molecule has 0 radical (unpaired) electrons. The fourth-order valence-corrected chi connectivity index (χ4v) is 3.41. The summed E-state index contributed by atoms with van der Waals surface area (Å²) in [4.78, 5) is 8.16. The van der Waals surface area contributed by atoms with Gasteiger partial charge in [-0.2, -0.15) is 10.2 Å². The zero-order chi connectivity index (χ0) is 17.6. The lowest BCUT2D eigenvalue weighted by molar-refractivity contribution is 0.634. The molecule has 25 heavy (non-hydrogen) atoms. The van der Waals surface area contributed by atoms with E-state index in [2.05, 4.69) is 29.0 Å². The summed E-state index contributed by atoms with van der Waals surface area (Å²) in [7, 11) is 0. The van der Waals surface area contributed by atoms with Crippen LogP contribution in [-0.2, 0) is 13.1 Å². The molecule has 0 bridgehead atoms. The summed E-state index contributed by atoms with van der Waals surface area (Å²) in [5.74, 6) is 0.829. The number of benzene rings is 1. The highest BCUT2D eigenvalue weighted by atomic mass is 35.5. The lowest BCUT2D eigenvalue weighted by atomic mass is 10.2. The highest BCUT2D eigenvalue weighted by Gasteiger charge is 2.18. The van der Waals surface area contributed by atoms with Gasteiger partial charge in [0, 0.05) is 17.3 Å². The number of rotatable bonds is 4. The molecule has 1 aromatic carbocycles. The highest BCUT2D eigenvalue weighted by molar-refractivity contribution is 6.31. The molecular formula is C18H19ClN6. The molecule has 0 saturated heterocycles. The molecule has 0 saturated carbocycles. The second-order valence-corrected chi connectivity index (χ2v) is 6.49.